The normalized spacial score (nSPS) is 17.5. The number of rotatable bonds is 1. The Hall–Kier alpha value is -0.880. The summed E-state index contributed by atoms with van der Waals surface area (Å²) in [6, 6.07) is 2.14. The Balaban J connectivity index is 2.26. The quantitative estimate of drug-likeness (QED) is 0.686. The van der Waals surface area contributed by atoms with Crippen molar-refractivity contribution in [2.45, 2.75) is 38.5 Å². The summed E-state index contributed by atoms with van der Waals surface area (Å²) in [6.45, 7) is 1.98. The molecule has 0 radical (unpaired) electrons. The fourth-order valence-electron chi connectivity index (χ4n) is 1.87. The van der Waals surface area contributed by atoms with E-state index in [9.17, 15) is 0 Å². The highest BCUT2D eigenvalue weighted by molar-refractivity contribution is 7.11. The van der Waals surface area contributed by atoms with E-state index in [4.69, 9.17) is 5.26 Å². The van der Waals surface area contributed by atoms with Crippen LogP contribution in [-0.2, 0) is 0 Å². The first-order valence-electron chi connectivity index (χ1n) is 4.68. The van der Waals surface area contributed by atoms with Gasteiger partial charge in [-0.1, -0.05) is 12.8 Å². The molecule has 1 aliphatic rings. The van der Waals surface area contributed by atoms with E-state index in [1.54, 1.807) is 11.3 Å². The summed E-state index contributed by atoms with van der Waals surface area (Å²) in [5.41, 5.74) is 0.631. The average Bonchev–Trinajstić information content (AvgIpc) is 2.71. The molecule has 0 aliphatic heterocycles. The van der Waals surface area contributed by atoms with E-state index in [-0.39, 0.29) is 0 Å². The number of aryl methyl sites for hydroxylation is 1. The van der Waals surface area contributed by atoms with Gasteiger partial charge in [0.15, 0.2) is 5.69 Å². The van der Waals surface area contributed by atoms with E-state index < -0.39 is 0 Å². The number of nitriles is 1. The van der Waals surface area contributed by atoms with Gasteiger partial charge in [0.25, 0.3) is 0 Å². The summed E-state index contributed by atoms with van der Waals surface area (Å²) < 4.78 is 0. The molecule has 1 aliphatic carbocycles. The molecule has 1 aromatic rings. The first kappa shape index (κ1) is 8.71. The van der Waals surface area contributed by atoms with E-state index in [2.05, 4.69) is 11.1 Å². The summed E-state index contributed by atoms with van der Waals surface area (Å²) in [5, 5.41) is 9.96. The van der Waals surface area contributed by atoms with Gasteiger partial charge in [-0.25, -0.2) is 4.98 Å². The van der Waals surface area contributed by atoms with Crippen molar-refractivity contribution in [2.24, 2.45) is 0 Å². The topological polar surface area (TPSA) is 36.7 Å². The molecule has 0 N–H and O–H groups in total. The average molecular weight is 192 g/mol. The highest BCUT2D eigenvalue weighted by atomic mass is 32.1. The summed E-state index contributed by atoms with van der Waals surface area (Å²) in [5.74, 6) is 0.644. The zero-order chi connectivity index (χ0) is 9.26. The van der Waals surface area contributed by atoms with Crippen LogP contribution in [0.1, 0.15) is 47.2 Å². The molecule has 3 heteroatoms. The van der Waals surface area contributed by atoms with Crippen molar-refractivity contribution in [1.29, 1.82) is 5.26 Å². The van der Waals surface area contributed by atoms with Crippen LogP contribution in [0.15, 0.2) is 0 Å². The van der Waals surface area contributed by atoms with Crippen molar-refractivity contribution in [3.8, 4) is 6.07 Å². The van der Waals surface area contributed by atoms with E-state index in [0.717, 1.165) is 4.88 Å². The minimum Gasteiger partial charge on any atom is -0.230 e. The lowest BCUT2D eigenvalue weighted by atomic mass is 10.1. The Morgan fingerprint density at radius 1 is 1.46 bits per heavy atom. The van der Waals surface area contributed by atoms with E-state index in [1.165, 1.54) is 30.7 Å². The SMILES string of the molecule is Cc1sc(C2CCCC2)nc1C#N. The molecule has 1 fully saturated rings. The van der Waals surface area contributed by atoms with Gasteiger partial charge < -0.3 is 0 Å². The number of thiazole rings is 1. The molecule has 68 valence electrons. The van der Waals surface area contributed by atoms with Crippen molar-refractivity contribution in [3.63, 3.8) is 0 Å². The molecule has 0 atom stereocenters. The molecular formula is C10H12N2S. The van der Waals surface area contributed by atoms with Crippen LogP contribution >= 0.6 is 11.3 Å². The molecule has 0 amide bonds. The number of nitrogens with zero attached hydrogens (tertiary/aromatic N) is 2. The Morgan fingerprint density at radius 2 is 2.15 bits per heavy atom. The fourth-order valence-corrected chi connectivity index (χ4v) is 2.91. The standard InChI is InChI=1S/C10H12N2S/c1-7-9(6-11)12-10(13-7)8-4-2-3-5-8/h8H,2-5H2,1H3. The van der Waals surface area contributed by atoms with Gasteiger partial charge in [0.1, 0.15) is 6.07 Å². The maximum atomic E-state index is 8.77. The highest BCUT2D eigenvalue weighted by Gasteiger charge is 2.21. The van der Waals surface area contributed by atoms with Crippen LogP contribution in [0.5, 0.6) is 0 Å². The number of hydrogen-bond acceptors (Lipinski definition) is 3. The third kappa shape index (κ3) is 1.59. The molecule has 13 heavy (non-hydrogen) atoms. The van der Waals surface area contributed by atoms with Gasteiger partial charge in [-0.05, 0) is 19.8 Å². The van der Waals surface area contributed by atoms with Gasteiger partial charge >= 0.3 is 0 Å². The molecule has 2 nitrogen and oxygen atoms in total. The summed E-state index contributed by atoms with van der Waals surface area (Å²) in [4.78, 5) is 5.44. The monoisotopic (exact) mass is 192 g/mol. The molecular weight excluding hydrogens is 180 g/mol. The first-order chi connectivity index (χ1) is 6.31. The van der Waals surface area contributed by atoms with Crippen LogP contribution in [0.2, 0.25) is 0 Å². The predicted octanol–water partition coefficient (Wildman–Crippen LogP) is 2.98. The lowest BCUT2D eigenvalue weighted by molar-refractivity contribution is 0.715. The Bertz CT molecular complexity index is 342. The lowest BCUT2D eigenvalue weighted by Gasteiger charge is -2.01. The zero-order valence-corrected chi connectivity index (χ0v) is 8.52. The smallest absolute Gasteiger partial charge is 0.154 e. The fraction of sp³-hybridized carbons (Fsp3) is 0.600. The van der Waals surface area contributed by atoms with Crippen LogP contribution in [0, 0.1) is 18.3 Å². The molecule has 0 bridgehead atoms. The van der Waals surface area contributed by atoms with Gasteiger partial charge in [0.2, 0.25) is 0 Å². The third-order valence-corrected chi connectivity index (χ3v) is 3.76. The van der Waals surface area contributed by atoms with Crippen LogP contribution < -0.4 is 0 Å². The van der Waals surface area contributed by atoms with E-state index >= 15 is 0 Å². The van der Waals surface area contributed by atoms with E-state index in [0.29, 0.717) is 11.6 Å². The molecule has 0 spiro atoms. The van der Waals surface area contributed by atoms with Crippen LogP contribution in [0.3, 0.4) is 0 Å². The minimum absolute atomic E-state index is 0.631. The molecule has 2 rings (SSSR count). The molecule has 0 saturated heterocycles. The van der Waals surface area contributed by atoms with Crippen molar-refractivity contribution >= 4 is 11.3 Å². The van der Waals surface area contributed by atoms with Crippen LogP contribution in [0.25, 0.3) is 0 Å². The van der Waals surface area contributed by atoms with Gasteiger partial charge in [0, 0.05) is 10.8 Å². The Kier molecular flexibility index (Phi) is 2.32. The number of aromatic nitrogens is 1. The molecule has 0 aromatic carbocycles. The second-order valence-corrected chi connectivity index (χ2v) is 4.78. The predicted molar refractivity (Wildman–Crippen MR) is 52.8 cm³/mol. The molecule has 1 aromatic heterocycles. The van der Waals surface area contributed by atoms with Gasteiger partial charge in [-0.3, -0.25) is 0 Å². The van der Waals surface area contributed by atoms with E-state index in [1.807, 2.05) is 6.92 Å². The Morgan fingerprint density at radius 3 is 2.69 bits per heavy atom. The van der Waals surface area contributed by atoms with Crippen molar-refractivity contribution in [1.82, 2.24) is 4.98 Å². The first-order valence-corrected chi connectivity index (χ1v) is 5.50. The molecule has 0 unspecified atom stereocenters. The second kappa shape index (κ2) is 3.47. The van der Waals surface area contributed by atoms with Gasteiger partial charge in [0.05, 0.1) is 5.01 Å². The maximum Gasteiger partial charge on any atom is 0.154 e. The largest absolute Gasteiger partial charge is 0.230 e. The zero-order valence-electron chi connectivity index (χ0n) is 7.71. The maximum absolute atomic E-state index is 8.77. The minimum atomic E-state index is 0.631. The van der Waals surface area contributed by atoms with Gasteiger partial charge in [-0.2, -0.15) is 5.26 Å². The lowest BCUT2D eigenvalue weighted by Crippen LogP contribution is -1.90. The number of hydrogen-bond donors (Lipinski definition) is 0. The molecule has 1 heterocycles. The van der Waals surface area contributed by atoms with Crippen molar-refractivity contribution < 1.29 is 0 Å². The summed E-state index contributed by atoms with van der Waals surface area (Å²) in [7, 11) is 0. The third-order valence-electron chi connectivity index (χ3n) is 2.62. The summed E-state index contributed by atoms with van der Waals surface area (Å²) in [6.07, 6.45) is 5.17. The van der Waals surface area contributed by atoms with Gasteiger partial charge in [-0.15, -0.1) is 11.3 Å². The summed E-state index contributed by atoms with van der Waals surface area (Å²) >= 11 is 1.70. The van der Waals surface area contributed by atoms with Crippen LogP contribution in [-0.4, -0.2) is 4.98 Å². The van der Waals surface area contributed by atoms with Crippen molar-refractivity contribution in [2.75, 3.05) is 0 Å². The Labute approximate surface area is 82.2 Å². The second-order valence-electron chi connectivity index (χ2n) is 3.55. The van der Waals surface area contributed by atoms with Crippen molar-refractivity contribution in [3.05, 3.63) is 15.6 Å². The highest BCUT2D eigenvalue weighted by Crippen LogP contribution is 2.36. The molecule has 1 saturated carbocycles. The van der Waals surface area contributed by atoms with Crippen LogP contribution in [0.4, 0.5) is 0 Å².